The molecule has 0 N–H and O–H groups in total. The van der Waals surface area contributed by atoms with E-state index in [1.807, 2.05) is 18.2 Å². The Morgan fingerprint density at radius 1 is 0.656 bits per heavy atom. The topological polar surface area (TPSA) is 30.2 Å². The lowest BCUT2D eigenvalue weighted by Crippen LogP contribution is -2.30. The first-order chi connectivity index (χ1) is 15.7. The molecule has 0 aliphatic heterocycles. The van der Waals surface area contributed by atoms with E-state index in [2.05, 4.69) is 85.4 Å². The van der Waals surface area contributed by atoms with E-state index in [1.165, 1.54) is 16.3 Å². The van der Waals surface area contributed by atoms with Crippen molar-refractivity contribution in [3.8, 4) is 11.3 Å². The van der Waals surface area contributed by atoms with E-state index in [-0.39, 0.29) is 0 Å². The number of fused-ring (bicyclic) bond motifs is 8. The number of benzene rings is 4. The Hall–Kier alpha value is -4.11. The molecular formula is C29H20NO2+. The molecule has 3 heteroatoms. The van der Waals surface area contributed by atoms with Crippen molar-refractivity contribution in [2.45, 2.75) is 6.92 Å². The molecule has 32 heavy (non-hydrogen) atoms. The zero-order chi connectivity index (χ0) is 21.4. The summed E-state index contributed by atoms with van der Waals surface area (Å²) in [6.07, 6.45) is 2.19. The number of rotatable bonds is 1. The highest BCUT2D eigenvalue weighted by atomic mass is 16.3. The average Bonchev–Trinajstić information content (AvgIpc) is 3.36. The number of furan rings is 2. The van der Waals surface area contributed by atoms with Crippen LogP contribution in [0.1, 0.15) is 5.56 Å². The van der Waals surface area contributed by atoms with Gasteiger partial charge in [0.2, 0.25) is 5.69 Å². The summed E-state index contributed by atoms with van der Waals surface area (Å²) in [6.45, 7) is 2.15. The zero-order valence-corrected chi connectivity index (χ0v) is 17.8. The molecule has 3 heterocycles. The van der Waals surface area contributed by atoms with Gasteiger partial charge in [-0.25, -0.2) is 4.57 Å². The molecule has 0 bridgehead atoms. The smallest absolute Gasteiger partial charge is 0.216 e. The van der Waals surface area contributed by atoms with Gasteiger partial charge in [0, 0.05) is 27.6 Å². The predicted molar refractivity (Wildman–Crippen MR) is 130 cm³/mol. The van der Waals surface area contributed by atoms with Crippen LogP contribution in [0.5, 0.6) is 0 Å². The number of aryl methyl sites for hydroxylation is 2. The van der Waals surface area contributed by atoms with E-state index in [4.69, 9.17) is 8.83 Å². The molecule has 3 aromatic heterocycles. The summed E-state index contributed by atoms with van der Waals surface area (Å²) < 4.78 is 15.0. The van der Waals surface area contributed by atoms with E-state index in [0.29, 0.717) is 0 Å². The zero-order valence-electron chi connectivity index (χ0n) is 17.8. The van der Waals surface area contributed by atoms with Crippen molar-refractivity contribution in [2.75, 3.05) is 0 Å². The minimum absolute atomic E-state index is 0.854. The molecule has 7 rings (SSSR count). The fourth-order valence-corrected chi connectivity index (χ4v) is 5.06. The van der Waals surface area contributed by atoms with Crippen LogP contribution in [-0.2, 0) is 7.05 Å². The number of pyridine rings is 1. The highest BCUT2D eigenvalue weighted by molar-refractivity contribution is 6.23. The van der Waals surface area contributed by atoms with Gasteiger partial charge < -0.3 is 8.83 Å². The van der Waals surface area contributed by atoms with E-state index >= 15 is 0 Å². The van der Waals surface area contributed by atoms with Crippen molar-refractivity contribution < 1.29 is 13.4 Å². The van der Waals surface area contributed by atoms with Crippen molar-refractivity contribution in [2.24, 2.45) is 7.05 Å². The Bertz CT molecular complexity index is 1850. The molecule has 0 aliphatic rings. The van der Waals surface area contributed by atoms with Crippen LogP contribution in [0.2, 0.25) is 0 Å². The molecule has 0 radical (unpaired) electrons. The molecular weight excluding hydrogens is 394 g/mol. The second-order valence-corrected chi connectivity index (χ2v) is 8.55. The first kappa shape index (κ1) is 17.6. The largest absolute Gasteiger partial charge is 0.456 e. The van der Waals surface area contributed by atoms with E-state index in [1.54, 1.807) is 0 Å². The summed E-state index contributed by atoms with van der Waals surface area (Å²) in [7, 11) is 2.10. The minimum Gasteiger partial charge on any atom is -0.456 e. The van der Waals surface area contributed by atoms with Crippen molar-refractivity contribution in [1.29, 1.82) is 0 Å². The Kier molecular flexibility index (Phi) is 3.41. The van der Waals surface area contributed by atoms with Crippen LogP contribution < -0.4 is 4.57 Å². The first-order valence-corrected chi connectivity index (χ1v) is 10.8. The van der Waals surface area contributed by atoms with Crippen LogP contribution in [-0.4, -0.2) is 0 Å². The van der Waals surface area contributed by atoms with Crippen molar-refractivity contribution in [3.63, 3.8) is 0 Å². The second-order valence-electron chi connectivity index (χ2n) is 8.55. The van der Waals surface area contributed by atoms with E-state index < -0.39 is 0 Å². The number of hydrogen-bond acceptors (Lipinski definition) is 2. The third kappa shape index (κ3) is 2.28. The molecule has 0 aliphatic carbocycles. The molecule has 0 saturated carbocycles. The first-order valence-electron chi connectivity index (χ1n) is 10.8. The standard InChI is InChI=1S/C29H20NO2/c1-17-11-12-20-21-13-14-25-27(22-9-5-6-10-24(22)31-25)29(21)32-28(20)26(17)23-15-18-7-3-4-8-19(18)16-30(23)2/h3-16H,1-2H3/q+1. The maximum absolute atomic E-state index is 6.69. The summed E-state index contributed by atoms with van der Waals surface area (Å²) in [4.78, 5) is 0. The lowest BCUT2D eigenvalue weighted by atomic mass is 9.99. The van der Waals surface area contributed by atoms with Gasteiger partial charge in [0.05, 0.1) is 10.9 Å². The number of nitrogens with zero attached hydrogens (tertiary/aromatic N) is 1. The van der Waals surface area contributed by atoms with Gasteiger partial charge >= 0.3 is 0 Å². The van der Waals surface area contributed by atoms with Crippen LogP contribution >= 0.6 is 0 Å². The second kappa shape index (κ2) is 6.21. The van der Waals surface area contributed by atoms with Gasteiger partial charge in [-0.15, -0.1) is 0 Å². The fourth-order valence-electron chi connectivity index (χ4n) is 5.06. The lowest BCUT2D eigenvalue weighted by Gasteiger charge is -2.07. The van der Waals surface area contributed by atoms with Gasteiger partial charge in [0.1, 0.15) is 29.4 Å². The fraction of sp³-hybridized carbons (Fsp3) is 0.0690. The monoisotopic (exact) mass is 414 g/mol. The van der Waals surface area contributed by atoms with Gasteiger partial charge in [-0.1, -0.05) is 48.5 Å². The SMILES string of the molecule is Cc1ccc2c(oc3c2ccc2oc4ccccc4c23)c1-c1cc2ccccc2c[n+]1C. The highest BCUT2D eigenvalue weighted by Gasteiger charge is 2.23. The van der Waals surface area contributed by atoms with Gasteiger partial charge in [-0.3, -0.25) is 0 Å². The molecule has 0 atom stereocenters. The van der Waals surface area contributed by atoms with E-state index in [0.717, 1.165) is 55.1 Å². The lowest BCUT2D eigenvalue weighted by molar-refractivity contribution is -0.659. The van der Waals surface area contributed by atoms with Crippen molar-refractivity contribution in [1.82, 2.24) is 0 Å². The average molecular weight is 414 g/mol. The molecule has 4 aromatic carbocycles. The van der Waals surface area contributed by atoms with Gasteiger partial charge in [-0.2, -0.15) is 0 Å². The molecule has 0 unspecified atom stereocenters. The van der Waals surface area contributed by atoms with E-state index in [9.17, 15) is 0 Å². The molecule has 0 saturated heterocycles. The quantitative estimate of drug-likeness (QED) is 0.261. The number of para-hydroxylation sites is 1. The summed E-state index contributed by atoms with van der Waals surface area (Å²) in [5.41, 5.74) is 7.00. The molecule has 152 valence electrons. The third-order valence-corrected chi connectivity index (χ3v) is 6.61. The summed E-state index contributed by atoms with van der Waals surface area (Å²) in [5.74, 6) is 0. The summed E-state index contributed by atoms with van der Waals surface area (Å²) in [6, 6.07) is 27.4. The summed E-state index contributed by atoms with van der Waals surface area (Å²) in [5, 5.41) is 6.81. The van der Waals surface area contributed by atoms with Gasteiger partial charge in [0.15, 0.2) is 6.20 Å². The maximum Gasteiger partial charge on any atom is 0.216 e. The van der Waals surface area contributed by atoms with Crippen molar-refractivity contribution >= 4 is 54.6 Å². The summed E-state index contributed by atoms with van der Waals surface area (Å²) >= 11 is 0. The highest BCUT2D eigenvalue weighted by Crippen LogP contribution is 2.42. The minimum atomic E-state index is 0.854. The van der Waals surface area contributed by atoms with Crippen LogP contribution in [0, 0.1) is 6.92 Å². The number of aromatic nitrogens is 1. The Balaban J connectivity index is 1.64. The van der Waals surface area contributed by atoms with Crippen LogP contribution in [0.25, 0.3) is 65.9 Å². The van der Waals surface area contributed by atoms with Crippen LogP contribution in [0.15, 0.2) is 93.9 Å². The van der Waals surface area contributed by atoms with Gasteiger partial charge in [0.25, 0.3) is 0 Å². The molecule has 7 aromatic rings. The number of hydrogen-bond donors (Lipinski definition) is 0. The molecule has 3 nitrogen and oxygen atoms in total. The third-order valence-electron chi connectivity index (χ3n) is 6.61. The van der Waals surface area contributed by atoms with Crippen molar-refractivity contribution in [3.05, 3.63) is 90.6 Å². The Labute approximate surface area is 184 Å². The Morgan fingerprint density at radius 2 is 1.41 bits per heavy atom. The molecule has 0 amide bonds. The Morgan fingerprint density at radius 3 is 2.31 bits per heavy atom. The van der Waals surface area contributed by atoms with Gasteiger partial charge in [-0.05, 0) is 42.1 Å². The predicted octanol–water partition coefficient (Wildman–Crippen LogP) is 7.44. The molecule has 0 fully saturated rings. The van der Waals surface area contributed by atoms with Crippen LogP contribution in [0.3, 0.4) is 0 Å². The molecule has 0 spiro atoms. The van der Waals surface area contributed by atoms with Crippen LogP contribution in [0.4, 0.5) is 0 Å². The maximum atomic E-state index is 6.69. The normalized spacial score (nSPS) is 12.1.